The second-order valence-corrected chi connectivity index (χ2v) is 5.88. The summed E-state index contributed by atoms with van der Waals surface area (Å²) in [5.74, 6) is 0.969. The van der Waals surface area contributed by atoms with Crippen LogP contribution in [-0.4, -0.2) is 40.8 Å². The molecule has 6 heteroatoms. The summed E-state index contributed by atoms with van der Waals surface area (Å²) in [6.45, 7) is 0.884. The molecule has 0 radical (unpaired) electrons. The van der Waals surface area contributed by atoms with E-state index in [1.807, 2.05) is 6.26 Å². The summed E-state index contributed by atoms with van der Waals surface area (Å²) in [4.78, 5) is 23.1. The summed E-state index contributed by atoms with van der Waals surface area (Å²) in [5, 5.41) is 3.98. The van der Waals surface area contributed by atoms with E-state index in [1.54, 1.807) is 24.2 Å². The van der Waals surface area contributed by atoms with Crippen LogP contribution in [0.4, 0.5) is 5.82 Å². The summed E-state index contributed by atoms with van der Waals surface area (Å²) >= 11 is 1.57. The predicted octanol–water partition coefficient (Wildman–Crippen LogP) is 1.45. The summed E-state index contributed by atoms with van der Waals surface area (Å²) < 4.78 is 0. The first-order chi connectivity index (χ1) is 9.28. The first-order valence-electron chi connectivity index (χ1n) is 6.71. The second-order valence-electron chi connectivity index (χ2n) is 5.05. The molecule has 19 heavy (non-hydrogen) atoms. The van der Waals surface area contributed by atoms with Gasteiger partial charge in [-0.1, -0.05) is 0 Å². The lowest BCUT2D eigenvalue weighted by Gasteiger charge is -2.24. The van der Waals surface area contributed by atoms with Crippen LogP contribution >= 0.6 is 11.8 Å². The standard InChI is InChI=1S/C13H18N4OS/c1-19-12-8-14-7-11(16-12)17-6-2-3-10(17)13(18)15-9-4-5-9/h7-10H,2-6H2,1H3,(H,15,18)/t10-/m1/s1. The molecule has 1 aliphatic carbocycles. The fourth-order valence-corrected chi connectivity index (χ4v) is 2.76. The fourth-order valence-electron chi connectivity index (χ4n) is 2.41. The second kappa shape index (κ2) is 5.36. The van der Waals surface area contributed by atoms with Crippen LogP contribution in [0.2, 0.25) is 0 Å². The number of carbonyl (C=O) groups is 1. The largest absolute Gasteiger partial charge is 0.352 e. The van der Waals surface area contributed by atoms with Crippen molar-refractivity contribution < 1.29 is 4.79 Å². The van der Waals surface area contributed by atoms with Gasteiger partial charge < -0.3 is 10.2 Å². The number of anilines is 1. The zero-order valence-electron chi connectivity index (χ0n) is 11.0. The summed E-state index contributed by atoms with van der Waals surface area (Å²) in [7, 11) is 0. The van der Waals surface area contributed by atoms with Crippen molar-refractivity contribution in [2.24, 2.45) is 0 Å². The Hall–Kier alpha value is -1.30. The van der Waals surface area contributed by atoms with Crippen LogP contribution in [0.15, 0.2) is 17.4 Å². The first kappa shape index (κ1) is 12.7. The molecule has 1 aromatic rings. The highest BCUT2D eigenvalue weighted by molar-refractivity contribution is 7.98. The van der Waals surface area contributed by atoms with Gasteiger partial charge >= 0.3 is 0 Å². The average molecular weight is 278 g/mol. The number of amides is 1. The fraction of sp³-hybridized carbons (Fsp3) is 0.615. The third-order valence-electron chi connectivity index (χ3n) is 3.58. The maximum atomic E-state index is 12.2. The summed E-state index contributed by atoms with van der Waals surface area (Å²) in [5.41, 5.74) is 0. The van der Waals surface area contributed by atoms with E-state index in [2.05, 4.69) is 20.2 Å². The Bertz CT molecular complexity index is 477. The Balaban J connectivity index is 1.75. The smallest absolute Gasteiger partial charge is 0.242 e. The minimum absolute atomic E-state index is 0.0768. The molecule has 102 valence electrons. The molecule has 2 fully saturated rings. The lowest BCUT2D eigenvalue weighted by atomic mass is 10.2. The van der Waals surface area contributed by atoms with Gasteiger partial charge in [-0.15, -0.1) is 11.8 Å². The lowest BCUT2D eigenvalue weighted by Crippen LogP contribution is -2.44. The molecule has 3 rings (SSSR count). The van der Waals surface area contributed by atoms with E-state index in [9.17, 15) is 4.79 Å². The molecule has 1 saturated carbocycles. The zero-order chi connectivity index (χ0) is 13.2. The molecule has 2 heterocycles. The maximum Gasteiger partial charge on any atom is 0.242 e. The highest BCUT2D eigenvalue weighted by atomic mass is 32.2. The number of nitrogens with one attached hydrogen (secondary N) is 1. The molecule has 1 atom stereocenters. The molecular formula is C13H18N4OS. The Morgan fingerprint density at radius 1 is 1.42 bits per heavy atom. The van der Waals surface area contributed by atoms with Gasteiger partial charge in [-0.2, -0.15) is 0 Å². The molecular weight excluding hydrogens is 260 g/mol. The van der Waals surface area contributed by atoms with Crippen molar-refractivity contribution in [3.63, 3.8) is 0 Å². The van der Waals surface area contributed by atoms with Crippen LogP contribution in [0.25, 0.3) is 0 Å². The number of rotatable bonds is 4. The minimum Gasteiger partial charge on any atom is -0.352 e. The van der Waals surface area contributed by atoms with E-state index in [-0.39, 0.29) is 11.9 Å². The van der Waals surface area contributed by atoms with Crippen molar-refractivity contribution in [1.82, 2.24) is 15.3 Å². The number of aromatic nitrogens is 2. The van der Waals surface area contributed by atoms with Crippen LogP contribution in [-0.2, 0) is 4.79 Å². The van der Waals surface area contributed by atoms with Crippen LogP contribution < -0.4 is 10.2 Å². The molecule has 1 N–H and O–H groups in total. The van der Waals surface area contributed by atoms with E-state index in [0.29, 0.717) is 6.04 Å². The normalized spacial score (nSPS) is 22.6. The SMILES string of the molecule is CSc1cncc(N2CCC[C@@H]2C(=O)NC2CC2)n1. The number of hydrogen-bond acceptors (Lipinski definition) is 5. The van der Waals surface area contributed by atoms with Crippen molar-refractivity contribution in [1.29, 1.82) is 0 Å². The van der Waals surface area contributed by atoms with Gasteiger partial charge in [0.25, 0.3) is 0 Å². The number of nitrogens with zero attached hydrogens (tertiary/aromatic N) is 3. The summed E-state index contributed by atoms with van der Waals surface area (Å²) in [6.07, 6.45) is 9.68. The summed E-state index contributed by atoms with van der Waals surface area (Å²) in [6, 6.07) is 0.338. The van der Waals surface area contributed by atoms with Gasteiger partial charge in [-0.25, -0.2) is 4.98 Å². The molecule has 2 aliphatic rings. The van der Waals surface area contributed by atoms with Gasteiger partial charge in [0.2, 0.25) is 5.91 Å². The van der Waals surface area contributed by atoms with E-state index in [4.69, 9.17) is 0 Å². The van der Waals surface area contributed by atoms with Gasteiger partial charge in [-0.3, -0.25) is 9.78 Å². The zero-order valence-corrected chi connectivity index (χ0v) is 11.8. The van der Waals surface area contributed by atoms with E-state index in [0.717, 1.165) is 43.1 Å². The van der Waals surface area contributed by atoms with Gasteiger partial charge in [0.1, 0.15) is 16.9 Å². The van der Waals surface area contributed by atoms with Crippen molar-refractivity contribution in [3.8, 4) is 0 Å². The minimum atomic E-state index is -0.0768. The first-order valence-corrected chi connectivity index (χ1v) is 7.93. The van der Waals surface area contributed by atoms with Crippen molar-refractivity contribution >= 4 is 23.5 Å². The Labute approximate surface area is 117 Å². The van der Waals surface area contributed by atoms with Gasteiger partial charge in [0.15, 0.2) is 0 Å². The van der Waals surface area contributed by atoms with Crippen LogP contribution in [0.1, 0.15) is 25.7 Å². The Morgan fingerprint density at radius 3 is 3.00 bits per heavy atom. The monoisotopic (exact) mass is 278 g/mol. The molecule has 0 aromatic carbocycles. The number of thioether (sulfide) groups is 1. The van der Waals surface area contributed by atoms with Crippen molar-refractivity contribution in [2.45, 2.75) is 42.8 Å². The van der Waals surface area contributed by atoms with Crippen LogP contribution in [0.5, 0.6) is 0 Å². The lowest BCUT2D eigenvalue weighted by molar-refractivity contribution is -0.122. The third kappa shape index (κ3) is 2.83. The topological polar surface area (TPSA) is 58.1 Å². The van der Waals surface area contributed by atoms with E-state index in [1.165, 1.54) is 0 Å². The third-order valence-corrected chi connectivity index (χ3v) is 4.20. The number of carbonyl (C=O) groups excluding carboxylic acids is 1. The molecule has 1 saturated heterocycles. The van der Waals surface area contributed by atoms with Crippen LogP contribution in [0, 0.1) is 0 Å². The molecule has 1 aliphatic heterocycles. The average Bonchev–Trinajstić information content (AvgIpc) is 3.11. The molecule has 1 amide bonds. The van der Waals surface area contributed by atoms with E-state index < -0.39 is 0 Å². The maximum absolute atomic E-state index is 12.2. The van der Waals surface area contributed by atoms with Gasteiger partial charge in [0, 0.05) is 12.6 Å². The molecule has 0 unspecified atom stereocenters. The van der Waals surface area contributed by atoms with Gasteiger partial charge in [0.05, 0.1) is 12.4 Å². The van der Waals surface area contributed by atoms with Crippen LogP contribution in [0.3, 0.4) is 0 Å². The van der Waals surface area contributed by atoms with Crippen molar-refractivity contribution in [3.05, 3.63) is 12.4 Å². The highest BCUT2D eigenvalue weighted by Crippen LogP contribution is 2.26. The van der Waals surface area contributed by atoms with E-state index >= 15 is 0 Å². The molecule has 5 nitrogen and oxygen atoms in total. The number of hydrogen-bond donors (Lipinski definition) is 1. The Morgan fingerprint density at radius 2 is 2.26 bits per heavy atom. The van der Waals surface area contributed by atoms with Gasteiger partial charge in [-0.05, 0) is 31.9 Å². The highest BCUT2D eigenvalue weighted by Gasteiger charge is 2.34. The predicted molar refractivity (Wildman–Crippen MR) is 75.3 cm³/mol. The quantitative estimate of drug-likeness (QED) is 0.845. The molecule has 1 aromatic heterocycles. The molecule has 0 bridgehead atoms. The Kier molecular flexibility index (Phi) is 3.59. The molecule has 0 spiro atoms. The van der Waals surface area contributed by atoms with Crippen molar-refractivity contribution in [2.75, 3.05) is 17.7 Å².